The lowest BCUT2D eigenvalue weighted by Gasteiger charge is -2.55. The minimum absolute atomic E-state index is 0.311. The second-order valence-electron chi connectivity index (χ2n) is 7.07. The van der Waals surface area contributed by atoms with Gasteiger partial charge in [0.1, 0.15) is 0 Å². The lowest BCUT2D eigenvalue weighted by atomic mass is 9.57. The summed E-state index contributed by atoms with van der Waals surface area (Å²) in [4.78, 5) is 0. The van der Waals surface area contributed by atoms with Crippen LogP contribution in [0.1, 0.15) is 38.2 Å². The van der Waals surface area contributed by atoms with Gasteiger partial charge in [0.25, 0.3) is 0 Å². The van der Waals surface area contributed by atoms with E-state index in [1.54, 1.807) is 0 Å². The van der Waals surface area contributed by atoms with E-state index in [1.807, 2.05) is 0 Å². The molecule has 4 rings (SSSR count). The van der Waals surface area contributed by atoms with Crippen LogP contribution in [0.2, 0.25) is 0 Å². The number of fused-ring (bicyclic) bond motifs is 1. The molecule has 0 spiro atoms. The Morgan fingerprint density at radius 1 is 1.21 bits per heavy atom. The number of rotatable bonds is 3. The molecule has 2 nitrogen and oxygen atoms in total. The van der Waals surface area contributed by atoms with Gasteiger partial charge in [-0.2, -0.15) is 0 Å². The van der Waals surface area contributed by atoms with Crippen LogP contribution in [0.25, 0.3) is 0 Å². The molecule has 0 radical (unpaired) electrons. The number of hydrogen-bond donors (Lipinski definition) is 1. The normalized spacial score (nSPS) is 42.5. The molecule has 5 unspecified atom stereocenters. The van der Waals surface area contributed by atoms with Crippen molar-refractivity contribution in [3.05, 3.63) is 35.9 Å². The molecule has 102 valence electrons. The molecule has 1 aliphatic heterocycles. The molecule has 3 aliphatic rings. The van der Waals surface area contributed by atoms with Crippen LogP contribution >= 0.6 is 0 Å². The van der Waals surface area contributed by atoms with Crippen LogP contribution in [0, 0.1) is 11.3 Å². The van der Waals surface area contributed by atoms with Crippen LogP contribution in [0.5, 0.6) is 0 Å². The second kappa shape index (κ2) is 4.07. The van der Waals surface area contributed by atoms with E-state index in [2.05, 4.69) is 49.5 Å². The Morgan fingerprint density at radius 3 is 2.79 bits per heavy atom. The van der Waals surface area contributed by atoms with E-state index in [-0.39, 0.29) is 0 Å². The summed E-state index contributed by atoms with van der Waals surface area (Å²) in [5, 5.41) is 3.92. The monoisotopic (exact) mass is 257 g/mol. The fourth-order valence-electron chi connectivity index (χ4n) is 4.34. The van der Waals surface area contributed by atoms with Gasteiger partial charge in [0.15, 0.2) is 0 Å². The standard InChI is InChI=1S/C17H23NO/c1-17(2)15(12-8-9-19-16(12)17)18-14-10-13(14)11-6-4-3-5-7-11/h3-7,12-16,18H,8-10H2,1-2H3. The summed E-state index contributed by atoms with van der Waals surface area (Å²) in [5.74, 6) is 1.49. The van der Waals surface area contributed by atoms with Crippen LogP contribution in [0.15, 0.2) is 30.3 Å². The molecule has 2 aliphatic carbocycles. The summed E-state index contributed by atoms with van der Waals surface area (Å²) < 4.78 is 5.87. The third-order valence-electron chi connectivity index (χ3n) is 5.51. The quantitative estimate of drug-likeness (QED) is 0.899. The van der Waals surface area contributed by atoms with Gasteiger partial charge >= 0.3 is 0 Å². The van der Waals surface area contributed by atoms with Crippen LogP contribution in [0.3, 0.4) is 0 Å². The lowest BCUT2D eigenvalue weighted by molar-refractivity contribution is -0.113. The molecular weight excluding hydrogens is 234 g/mol. The van der Waals surface area contributed by atoms with Gasteiger partial charge in [0.2, 0.25) is 0 Å². The number of benzene rings is 1. The molecule has 1 N–H and O–H groups in total. The molecule has 0 amide bonds. The average Bonchev–Trinajstić information content (AvgIpc) is 3.05. The predicted octanol–water partition coefficient (Wildman–Crippen LogP) is 2.95. The maximum absolute atomic E-state index is 5.87. The zero-order valence-electron chi connectivity index (χ0n) is 11.8. The zero-order valence-corrected chi connectivity index (χ0v) is 11.8. The Bertz CT molecular complexity index is 469. The second-order valence-corrected chi connectivity index (χ2v) is 7.07. The van der Waals surface area contributed by atoms with Gasteiger partial charge in [-0.25, -0.2) is 0 Å². The van der Waals surface area contributed by atoms with Crippen molar-refractivity contribution in [2.24, 2.45) is 11.3 Å². The molecule has 1 aromatic rings. The van der Waals surface area contributed by atoms with Crippen molar-refractivity contribution < 1.29 is 4.74 Å². The maximum atomic E-state index is 5.87. The fourth-order valence-corrected chi connectivity index (χ4v) is 4.34. The Kier molecular flexibility index (Phi) is 2.55. The van der Waals surface area contributed by atoms with Crippen molar-refractivity contribution in [2.45, 2.75) is 50.8 Å². The SMILES string of the molecule is CC1(C)C(NC2CC2c2ccccc2)C2CCOC21. The van der Waals surface area contributed by atoms with E-state index in [0.29, 0.717) is 23.6 Å². The van der Waals surface area contributed by atoms with Crippen molar-refractivity contribution in [3.8, 4) is 0 Å². The van der Waals surface area contributed by atoms with Gasteiger partial charge in [-0.1, -0.05) is 44.2 Å². The molecule has 5 atom stereocenters. The van der Waals surface area contributed by atoms with E-state index >= 15 is 0 Å². The molecule has 2 heteroatoms. The molecule has 2 saturated carbocycles. The summed E-state index contributed by atoms with van der Waals surface area (Å²) in [6.45, 7) is 5.68. The molecule has 3 fully saturated rings. The van der Waals surface area contributed by atoms with Crippen LogP contribution in [-0.4, -0.2) is 24.8 Å². The summed E-state index contributed by atoms with van der Waals surface area (Å²) in [6.07, 6.45) is 3.04. The highest BCUT2D eigenvalue weighted by atomic mass is 16.5. The van der Waals surface area contributed by atoms with E-state index < -0.39 is 0 Å². The highest BCUT2D eigenvalue weighted by Crippen LogP contribution is 2.54. The summed E-state index contributed by atoms with van der Waals surface area (Å²) in [6, 6.07) is 12.3. The third kappa shape index (κ3) is 1.77. The first-order chi connectivity index (χ1) is 9.18. The number of hydrogen-bond acceptors (Lipinski definition) is 2. The van der Waals surface area contributed by atoms with Crippen molar-refractivity contribution in [3.63, 3.8) is 0 Å². The van der Waals surface area contributed by atoms with Crippen LogP contribution < -0.4 is 5.32 Å². The topological polar surface area (TPSA) is 21.3 Å². The minimum atomic E-state index is 0.311. The van der Waals surface area contributed by atoms with Gasteiger partial charge in [0, 0.05) is 35.9 Å². The van der Waals surface area contributed by atoms with Crippen molar-refractivity contribution in [1.29, 1.82) is 0 Å². The first-order valence-electron chi connectivity index (χ1n) is 7.60. The molecular formula is C17H23NO. The van der Waals surface area contributed by atoms with Crippen molar-refractivity contribution in [2.75, 3.05) is 6.61 Å². The van der Waals surface area contributed by atoms with E-state index in [4.69, 9.17) is 4.74 Å². The Labute approximate surface area is 115 Å². The molecule has 1 saturated heterocycles. The first-order valence-corrected chi connectivity index (χ1v) is 7.60. The Morgan fingerprint density at radius 2 is 2.00 bits per heavy atom. The van der Waals surface area contributed by atoms with Crippen molar-refractivity contribution >= 4 is 0 Å². The van der Waals surface area contributed by atoms with E-state index in [9.17, 15) is 0 Å². The highest BCUT2D eigenvalue weighted by molar-refractivity contribution is 5.28. The van der Waals surface area contributed by atoms with Gasteiger partial charge in [0.05, 0.1) is 6.10 Å². The van der Waals surface area contributed by atoms with Gasteiger partial charge in [-0.05, 0) is 18.4 Å². The van der Waals surface area contributed by atoms with Gasteiger partial charge in [-0.15, -0.1) is 0 Å². The summed E-state index contributed by atoms with van der Waals surface area (Å²) in [7, 11) is 0. The average molecular weight is 257 g/mol. The third-order valence-corrected chi connectivity index (χ3v) is 5.51. The molecule has 1 aromatic carbocycles. The molecule has 1 heterocycles. The molecule has 0 bridgehead atoms. The maximum Gasteiger partial charge on any atom is 0.0685 e. The Hall–Kier alpha value is -0.860. The highest BCUT2D eigenvalue weighted by Gasteiger charge is 2.60. The minimum Gasteiger partial charge on any atom is -0.377 e. The zero-order chi connectivity index (χ0) is 13.0. The Balaban J connectivity index is 1.42. The largest absolute Gasteiger partial charge is 0.377 e. The van der Waals surface area contributed by atoms with Gasteiger partial charge < -0.3 is 10.1 Å². The smallest absolute Gasteiger partial charge is 0.0685 e. The fraction of sp³-hybridized carbons (Fsp3) is 0.647. The summed E-state index contributed by atoms with van der Waals surface area (Å²) >= 11 is 0. The van der Waals surface area contributed by atoms with E-state index in [0.717, 1.165) is 18.4 Å². The van der Waals surface area contributed by atoms with Crippen LogP contribution in [0.4, 0.5) is 0 Å². The summed E-state index contributed by atoms with van der Waals surface area (Å²) in [5.41, 5.74) is 1.81. The first kappa shape index (κ1) is 11.9. The van der Waals surface area contributed by atoms with Gasteiger partial charge in [-0.3, -0.25) is 0 Å². The molecule has 19 heavy (non-hydrogen) atoms. The lowest BCUT2D eigenvalue weighted by Crippen LogP contribution is -2.66. The van der Waals surface area contributed by atoms with E-state index in [1.165, 1.54) is 18.4 Å². The number of ether oxygens (including phenoxy) is 1. The predicted molar refractivity (Wildman–Crippen MR) is 76.1 cm³/mol. The molecule has 0 aromatic heterocycles. The van der Waals surface area contributed by atoms with Crippen molar-refractivity contribution in [1.82, 2.24) is 5.32 Å². The van der Waals surface area contributed by atoms with Crippen LogP contribution in [-0.2, 0) is 4.74 Å². The number of nitrogens with one attached hydrogen (secondary N) is 1.